The van der Waals surface area contributed by atoms with E-state index in [1.807, 2.05) is 54.0 Å². The Kier molecular flexibility index (Phi) is 4.18. The Bertz CT molecular complexity index is 1140. The Morgan fingerprint density at radius 1 is 0.808 bits per heavy atom. The van der Waals surface area contributed by atoms with Gasteiger partial charge in [-0.2, -0.15) is 0 Å². The Morgan fingerprint density at radius 2 is 1.58 bits per heavy atom. The van der Waals surface area contributed by atoms with Crippen LogP contribution < -0.4 is 5.56 Å². The van der Waals surface area contributed by atoms with E-state index < -0.39 is 0 Å². The van der Waals surface area contributed by atoms with Crippen molar-refractivity contribution in [3.05, 3.63) is 106 Å². The molecule has 0 fully saturated rings. The van der Waals surface area contributed by atoms with E-state index in [9.17, 15) is 4.79 Å². The van der Waals surface area contributed by atoms with Gasteiger partial charge >= 0.3 is 0 Å². The molecule has 0 amide bonds. The average Bonchev–Trinajstić information content (AvgIpc) is 2.64. The van der Waals surface area contributed by atoms with Crippen LogP contribution in [0.15, 0.2) is 83.7 Å². The average molecular weight is 339 g/mol. The molecule has 0 aliphatic heterocycles. The molecule has 0 atom stereocenters. The maximum absolute atomic E-state index is 13.4. The Labute approximate surface area is 153 Å². The van der Waals surface area contributed by atoms with Gasteiger partial charge in [-0.25, -0.2) is 0 Å². The first-order chi connectivity index (χ1) is 12.6. The molecule has 1 heterocycles. The van der Waals surface area contributed by atoms with Crippen molar-refractivity contribution in [3.63, 3.8) is 0 Å². The molecule has 4 aromatic rings. The molecule has 0 aliphatic rings. The molecule has 1 aromatic heterocycles. The lowest BCUT2D eigenvalue weighted by Crippen LogP contribution is -2.23. The van der Waals surface area contributed by atoms with Crippen LogP contribution >= 0.6 is 0 Å². The van der Waals surface area contributed by atoms with Crippen molar-refractivity contribution in [2.75, 3.05) is 0 Å². The monoisotopic (exact) mass is 339 g/mol. The fourth-order valence-electron chi connectivity index (χ4n) is 3.54. The van der Waals surface area contributed by atoms with E-state index in [2.05, 4.69) is 43.3 Å². The molecule has 0 saturated heterocycles. The van der Waals surface area contributed by atoms with E-state index in [0.717, 1.165) is 33.2 Å². The third-order valence-electron chi connectivity index (χ3n) is 4.84. The minimum atomic E-state index is 0.0703. The summed E-state index contributed by atoms with van der Waals surface area (Å²) < 4.78 is 1.90. The van der Waals surface area contributed by atoms with Crippen LogP contribution in [0.1, 0.15) is 16.7 Å². The smallest absolute Gasteiger partial charge is 0.259 e. The van der Waals surface area contributed by atoms with E-state index in [1.165, 1.54) is 5.56 Å². The van der Waals surface area contributed by atoms with Gasteiger partial charge in [0, 0.05) is 0 Å². The summed E-state index contributed by atoms with van der Waals surface area (Å²) in [6.07, 6.45) is 0. The highest BCUT2D eigenvalue weighted by atomic mass is 16.1. The van der Waals surface area contributed by atoms with E-state index in [0.29, 0.717) is 6.54 Å². The highest BCUT2D eigenvalue weighted by Gasteiger charge is 2.13. The minimum Gasteiger partial charge on any atom is -0.303 e. The van der Waals surface area contributed by atoms with Crippen LogP contribution in [0.5, 0.6) is 0 Å². The van der Waals surface area contributed by atoms with Crippen molar-refractivity contribution in [2.24, 2.45) is 0 Å². The first-order valence-electron chi connectivity index (χ1n) is 8.87. The Balaban J connectivity index is 2.02. The van der Waals surface area contributed by atoms with Gasteiger partial charge in [-0.1, -0.05) is 72.3 Å². The fraction of sp³-hybridized carbons (Fsp3) is 0.125. The zero-order valence-corrected chi connectivity index (χ0v) is 15.1. The zero-order chi connectivity index (χ0) is 18.1. The normalized spacial score (nSPS) is 11.0. The quantitative estimate of drug-likeness (QED) is 0.494. The SMILES string of the molecule is Cc1cccc(-c2cc3cccc(C)c3c(=O)n2Cc2ccccc2)c1. The molecule has 128 valence electrons. The third kappa shape index (κ3) is 2.95. The predicted molar refractivity (Wildman–Crippen MR) is 109 cm³/mol. The molecule has 26 heavy (non-hydrogen) atoms. The van der Waals surface area contributed by atoms with Crippen molar-refractivity contribution in [1.29, 1.82) is 0 Å². The van der Waals surface area contributed by atoms with Crippen LogP contribution in [0.3, 0.4) is 0 Å². The van der Waals surface area contributed by atoms with E-state index >= 15 is 0 Å². The van der Waals surface area contributed by atoms with E-state index in [1.54, 1.807) is 0 Å². The van der Waals surface area contributed by atoms with Gasteiger partial charge in [0.15, 0.2) is 0 Å². The Morgan fingerprint density at radius 3 is 2.35 bits per heavy atom. The van der Waals surface area contributed by atoms with Gasteiger partial charge in [-0.05, 0) is 48.1 Å². The molecule has 2 nitrogen and oxygen atoms in total. The van der Waals surface area contributed by atoms with Crippen molar-refractivity contribution in [3.8, 4) is 11.3 Å². The lowest BCUT2D eigenvalue weighted by molar-refractivity contribution is 0.776. The van der Waals surface area contributed by atoms with Crippen molar-refractivity contribution in [2.45, 2.75) is 20.4 Å². The molecule has 4 rings (SSSR count). The molecular weight excluding hydrogens is 318 g/mol. The second kappa shape index (κ2) is 6.64. The highest BCUT2D eigenvalue weighted by molar-refractivity contribution is 5.88. The third-order valence-corrected chi connectivity index (χ3v) is 4.84. The van der Waals surface area contributed by atoms with E-state index in [4.69, 9.17) is 0 Å². The molecule has 0 bridgehead atoms. The van der Waals surface area contributed by atoms with Crippen LogP contribution in [0.4, 0.5) is 0 Å². The van der Waals surface area contributed by atoms with Gasteiger partial charge in [-0.3, -0.25) is 4.79 Å². The topological polar surface area (TPSA) is 22.0 Å². The number of hydrogen-bond acceptors (Lipinski definition) is 1. The summed E-state index contributed by atoms with van der Waals surface area (Å²) in [6, 6.07) is 26.7. The maximum atomic E-state index is 13.4. The number of nitrogens with zero attached hydrogens (tertiary/aromatic N) is 1. The number of rotatable bonds is 3. The van der Waals surface area contributed by atoms with Crippen LogP contribution in [0.25, 0.3) is 22.0 Å². The standard InChI is InChI=1S/C24H21NO/c1-17-8-6-12-20(14-17)22-15-21-13-7-9-18(2)23(21)24(26)25(22)16-19-10-4-3-5-11-19/h3-15H,16H2,1-2H3. The molecule has 0 radical (unpaired) electrons. The summed E-state index contributed by atoms with van der Waals surface area (Å²) in [5, 5.41) is 1.80. The van der Waals surface area contributed by atoms with Gasteiger partial charge in [0.1, 0.15) is 0 Å². The number of aryl methyl sites for hydroxylation is 2. The summed E-state index contributed by atoms with van der Waals surface area (Å²) in [4.78, 5) is 13.4. The summed E-state index contributed by atoms with van der Waals surface area (Å²) in [6.45, 7) is 4.64. The van der Waals surface area contributed by atoms with Crippen LogP contribution in [-0.4, -0.2) is 4.57 Å². The molecule has 0 saturated carbocycles. The highest BCUT2D eigenvalue weighted by Crippen LogP contribution is 2.25. The van der Waals surface area contributed by atoms with Gasteiger partial charge in [0.25, 0.3) is 5.56 Å². The van der Waals surface area contributed by atoms with E-state index in [-0.39, 0.29) is 5.56 Å². The molecule has 2 heteroatoms. The number of pyridine rings is 1. The van der Waals surface area contributed by atoms with Crippen molar-refractivity contribution in [1.82, 2.24) is 4.57 Å². The second-order valence-electron chi connectivity index (χ2n) is 6.82. The van der Waals surface area contributed by atoms with Crippen LogP contribution in [0.2, 0.25) is 0 Å². The molecule has 0 spiro atoms. The van der Waals surface area contributed by atoms with Gasteiger partial charge in [0.2, 0.25) is 0 Å². The van der Waals surface area contributed by atoms with Crippen LogP contribution in [-0.2, 0) is 6.54 Å². The number of benzene rings is 3. The number of hydrogen-bond donors (Lipinski definition) is 0. The van der Waals surface area contributed by atoms with Crippen molar-refractivity contribution >= 4 is 10.8 Å². The lowest BCUT2D eigenvalue weighted by atomic mass is 10.0. The maximum Gasteiger partial charge on any atom is 0.259 e. The van der Waals surface area contributed by atoms with Gasteiger partial charge < -0.3 is 4.57 Å². The number of aromatic nitrogens is 1. The second-order valence-corrected chi connectivity index (χ2v) is 6.82. The largest absolute Gasteiger partial charge is 0.303 e. The summed E-state index contributed by atoms with van der Waals surface area (Å²) in [5.74, 6) is 0. The summed E-state index contributed by atoms with van der Waals surface area (Å²) >= 11 is 0. The van der Waals surface area contributed by atoms with Crippen LogP contribution in [0, 0.1) is 13.8 Å². The van der Waals surface area contributed by atoms with Crippen molar-refractivity contribution < 1.29 is 0 Å². The first kappa shape index (κ1) is 16.3. The van der Waals surface area contributed by atoms with Gasteiger partial charge in [0.05, 0.1) is 17.6 Å². The zero-order valence-electron chi connectivity index (χ0n) is 15.1. The molecule has 0 N–H and O–H groups in total. The molecule has 3 aromatic carbocycles. The first-order valence-corrected chi connectivity index (χ1v) is 8.87. The predicted octanol–water partition coefficient (Wildman–Crippen LogP) is 5.33. The molecule has 0 unspecified atom stereocenters. The molecular formula is C24H21NO. The summed E-state index contributed by atoms with van der Waals surface area (Å²) in [5.41, 5.74) is 5.43. The summed E-state index contributed by atoms with van der Waals surface area (Å²) in [7, 11) is 0. The van der Waals surface area contributed by atoms with Gasteiger partial charge in [-0.15, -0.1) is 0 Å². The minimum absolute atomic E-state index is 0.0703. The lowest BCUT2D eigenvalue weighted by Gasteiger charge is -2.16. The fourth-order valence-corrected chi connectivity index (χ4v) is 3.54. The Hall–Kier alpha value is -3.13. The molecule has 0 aliphatic carbocycles. The number of fused-ring (bicyclic) bond motifs is 1.